The van der Waals surface area contributed by atoms with Crippen LogP contribution in [0.3, 0.4) is 0 Å². The van der Waals surface area contributed by atoms with Gasteiger partial charge in [-0.1, -0.05) is 44.5 Å². The Morgan fingerprint density at radius 2 is 2.14 bits per heavy atom. The van der Waals surface area contributed by atoms with Crippen LogP contribution in [0.15, 0.2) is 36.0 Å². The summed E-state index contributed by atoms with van der Waals surface area (Å²) < 4.78 is 0. The van der Waals surface area contributed by atoms with Crippen molar-refractivity contribution in [3.05, 3.63) is 36.0 Å². The Kier molecular flexibility index (Phi) is 3.80. The molecule has 0 saturated carbocycles. The molecule has 0 bridgehead atoms. The van der Waals surface area contributed by atoms with Gasteiger partial charge in [-0.15, -0.1) is 0 Å². The molecule has 0 aromatic heterocycles. The Morgan fingerprint density at radius 3 is 2.57 bits per heavy atom. The molecule has 2 radical (unpaired) electrons. The van der Waals surface area contributed by atoms with E-state index in [1.165, 1.54) is 11.1 Å². The summed E-state index contributed by atoms with van der Waals surface area (Å²) in [6, 6.07) is 0. The minimum atomic E-state index is 0.272. The van der Waals surface area contributed by atoms with Crippen LogP contribution in [-0.2, 0) is 0 Å². The lowest BCUT2D eigenvalue weighted by molar-refractivity contribution is 0.446. The van der Waals surface area contributed by atoms with Crippen LogP contribution in [0.1, 0.15) is 27.2 Å². The summed E-state index contributed by atoms with van der Waals surface area (Å²) in [6.07, 6.45) is 7.21. The minimum Gasteiger partial charge on any atom is -0.0988 e. The van der Waals surface area contributed by atoms with Crippen molar-refractivity contribution < 1.29 is 0 Å². The molecule has 0 fully saturated rings. The zero-order valence-electron chi connectivity index (χ0n) is 9.46. The van der Waals surface area contributed by atoms with Crippen LogP contribution in [0, 0.1) is 11.8 Å². The Labute approximate surface area is 89.2 Å². The number of hydrogen-bond acceptors (Lipinski definition) is 0. The van der Waals surface area contributed by atoms with Crippen molar-refractivity contribution in [3.63, 3.8) is 0 Å². The predicted octanol–water partition coefficient (Wildman–Crippen LogP) is 3.68. The molecule has 0 aromatic carbocycles. The van der Waals surface area contributed by atoms with Crippen molar-refractivity contribution in [3.8, 4) is 0 Å². The summed E-state index contributed by atoms with van der Waals surface area (Å²) in [7, 11) is 6.14. The molecule has 1 heteroatoms. The first-order chi connectivity index (χ1) is 6.61. The van der Waals surface area contributed by atoms with E-state index >= 15 is 0 Å². The van der Waals surface area contributed by atoms with Gasteiger partial charge in [0.05, 0.1) is 7.85 Å². The zero-order valence-corrected chi connectivity index (χ0v) is 9.46. The second-order valence-electron chi connectivity index (χ2n) is 4.32. The second-order valence-corrected chi connectivity index (χ2v) is 4.32. The molecule has 74 valence electrons. The highest BCUT2D eigenvalue weighted by Crippen LogP contribution is 2.44. The van der Waals surface area contributed by atoms with Gasteiger partial charge >= 0.3 is 0 Å². The maximum Gasteiger partial charge on any atom is 0.0712 e. The van der Waals surface area contributed by atoms with Crippen LogP contribution in [0.2, 0.25) is 5.82 Å². The van der Waals surface area contributed by atoms with E-state index < -0.39 is 0 Å². The van der Waals surface area contributed by atoms with Crippen LogP contribution in [0.25, 0.3) is 0 Å². The first-order valence-corrected chi connectivity index (χ1v) is 5.35. The number of rotatable bonds is 3. The average molecular weight is 186 g/mol. The summed E-state index contributed by atoms with van der Waals surface area (Å²) in [4.78, 5) is 0. The maximum atomic E-state index is 6.14. The molecule has 1 unspecified atom stereocenters. The third kappa shape index (κ3) is 2.02. The van der Waals surface area contributed by atoms with Gasteiger partial charge in [-0.25, -0.2) is 0 Å². The largest absolute Gasteiger partial charge is 0.0988 e. The monoisotopic (exact) mass is 186 g/mol. The molecular formula is C13H19B. The fraction of sp³-hybridized carbons (Fsp3) is 0.538. The molecule has 0 saturated heterocycles. The maximum absolute atomic E-state index is 6.14. The summed E-state index contributed by atoms with van der Waals surface area (Å²) in [5.74, 6) is 1.38. The van der Waals surface area contributed by atoms with Crippen LogP contribution in [-0.4, -0.2) is 7.85 Å². The van der Waals surface area contributed by atoms with Crippen molar-refractivity contribution in [1.29, 1.82) is 0 Å². The fourth-order valence-corrected chi connectivity index (χ4v) is 2.40. The molecule has 2 atom stereocenters. The molecule has 0 heterocycles. The van der Waals surface area contributed by atoms with Crippen LogP contribution in [0.4, 0.5) is 0 Å². The predicted molar refractivity (Wildman–Crippen MR) is 64.5 cm³/mol. The van der Waals surface area contributed by atoms with Crippen molar-refractivity contribution >= 4 is 7.85 Å². The van der Waals surface area contributed by atoms with Crippen molar-refractivity contribution in [2.75, 3.05) is 0 Å². The number of allylic oxidation sites excluding steroid dienone is 5. The number of hydrogen-bond donors (Lipinski definition) is 0. The normalized spacial score (nSPS) is 28.0. The molecule has 14 heavy (non-hydrogen) atoms. The highest BCUT2D eigenvalue weighted by molar-refractivity contribution is 6.12. The zero-order chi connectivity index (χ0) is 10.7. The van der Waals surface area contributed by atoms with Crippen LogP contribution < -0.4 is 0 Å². The third-order valence-electron chi connectivity index (χ3n) is 2.96. The van der Waals surface area contributed by atoms with E-state index in [0.29, 0.717) is 11.8 Å². The average Bonchev–Trinajstić information content (AvgIpc) is 2.43. The SMILES string of the molecule is [B][C@H]1CC(C=C)=C(/C=C\C)C1C(C)C. The highest BCUT2D eigenvalue weighted by atomic mass is 14.3. The van der Waals surface area contributed by atoms with E-state index in [0.717, 1.165) is 6.42 Å². The summed E-state index contributed by atoms with van der Waals surface area (Å²) in [6.45, 7) is 10.4. The van der Waals surface area contributed by atoms with Crippen LogP contribution in [0.5, 0.6) is 0 Å². The molecule has 1 aliphatic rings. The Bertz CT molecular complexity index is 271. The van der Waals surface area contributed by atoms with Gasteiger partial charge < -0.3 is 0 Å². The van der Waals surface area contributed by atoms with Gasteiger partial charge in [0.1, 0.15) is 0 Å². The van der Waals surface area contributed by atoms with Gasteiger partial charge in [0.2, 0.25) is 0 Å². The molecule has 0 spiro atoms. The van der Waals surface area contributed by atoms with Gasteiger partial charge in [0, 0.05) is 0 Å². The first kappa shape index (κ1) is 11.4. The second kappa shape index (κ2) is 4.68. The fourth-order valence-electron chi connectivity index (χ4n) is 2.40. The topological polar surface area (TPSA) is 0 Å². The van der Waals surface area contributed by atoms with Gasteiger partial charge in [-0.3, -0.25) is 0 Å². The van der Waals surface area contributed by atoms with Gasteiger partial charge in [-0.2, -0.15) is 0 Å². The molecular weight excluding hydrogens is 167 g/mol. The van der Waals surface area contributed by atoms with E-state index in [9.17, 15) is 0 Å². The summed E-state index contributed by atoms with van der Waals surface area (Å²) in [5, 5.41) is 0. The third-order valence-corrected chi connectivity index (χ3v) is 2.96. The highest BCUT2D eigenvalue weighted by Gasteiger charge is 2.30. The summed E-state index contributed by atoms with van der Waals surface area (Å²) in [5.41, 5.74) is 2.72. The van der Waals surface area contributed by atoms with E-state index in [-0.39, 0.29) is 5.82 Å². The minimum absolute atomic E-state index is 0.272. The lowest BCUT2D eigenvalue weighted by Crippen LogP contribution is -2.12. The molecule has 0 amide bonds. The smallest absolute Gasteiger partial charge is 0.0712 e. The van der Waals surface area contributed by atoms with Crippen molar-refractivity contribution in [2.45, 2.75) is 33.0 Å². The van der Waals surface area contributed by atoms with Gasteiger partial charge in [0.25, 0.3) is 0 Å². The van der Waals surface area contributed by atoms with E-state index in [4.69, 9.17) is 7.85 Å². The standard InChI is InChI=1S/C13H19B/c1-5-7-11-10(6-2)8-12(14)13(11)9(3)4/h5-7,9,12-13H,2,8H2,1,3-4H3/b7-5-/t12-,13?/m0/s1. The molecule has 0 N–H and O–H groups in total. The lowest BCUT2D eigenvalue weighted by atomic mass is 9.71. The lowest BCUT2D eigenvalue weighted by Gasteiger charge is -2.22. The van der Waals surface area contributed by atoms with E-state index in [2.05, 4.69) is 39.5 Å². The van der Waals surface area contributed by atoms with Gasteiger partial charge in [-0.05, 0) is 36.3 Å². The van der Waals surface area contributed by atoms with E-state index in [1.54, 1.807) is 0 Å². The molecule has 0 nitrogen and oxygen atoms in total. The Morgan fingerprint density at radius 1 is 1.50 bits per heavy atom. The van der Waals surface area contributed by atoms with E-state index in [1.807, 2.05) is 6.08 Å². The molecule has 0 aromatic rings. The van der Waals surface area contributed by atoms with Gasteiger partial charge in [0.15, 0.2) is 0 Å². The Hall–Kier alpha value is -0.715. The first-order valence-electron chi connectivity index (χ1n) is 5.35. The molecule has 1 rings (SSSR count). The quantitative estimate of drug-likeness (QED) is 0.589. The summed E-state index contributed by atoms with van der Waals surface area (Å²) >= 11 is 0. The molecule has 1 aliphatic carbocycles. The molecule has 0 aliphatic heterocycles. The van der Waals surface area contributed by atoms with Crippen molar-refractivity contribution in [1.82, 2.24) is 0 Å². The Balaban J connectivity index is 3.03. The van der Waals surface area contributed by atoms with Crippen molar-refractivity contribution in [2.24, 2.45) is 11.8 Å². The van der Waals surface area contributed by atoms with Crippen LogP contribution >= 0.6 is 0 Å².